The summed E-state index contributed by atoms with van der Waals surface area (Å²) in [6, 6.07) is 0.291. The van der Waals surface area contributed by atoms with E-state index in [2.05, 4.69) is 10.1 Å². The number of carbonyl (C=O) groups is 2. The lowest BCUT2D eigenvalue weighted by Gasteiger charge is -2.21. The number of hydrogen-bond acceptors (Lipinski definition) is 3. The number of primary amides is 1. The number of hydrogen-bond donors (Lipinski definition) is 2. The molecule has 0 spiro atoms. The van der Waals surface area contributed by atoms with Crippen LogP contribution in [0.25, 0.3) is 0 Å². The fraction of sp³-hybridized carbons (Fsp3) is 0.882. The van der Waals surface area contributed by atoms with Gasteiger partial charge < -0.3 is 15.8 Å². The largest absolute Gasteiger partial charge is 0.444 e. The Labute approximate surface area is 136 Å². The molecular weight excluding hydrogens is 280 g/mol. The van der Waals surface area contributed by atoms with Gasteiger partial charge in [0.05, 0.1) is 0 Å². The van der Waals surface area contributed by atoms with E-state index in [-0.39, 0.29) is 5.91 Å². The number of carbonyl (C=O) groups excluding carboxylic acids is 2. The maximum absolute atomic E-state index is 11.5. The highest BCUT2D eigenvalue weighted by Crippen LogP contribution is 2.23. The molecular formula is C17H36N2O3. The summed E-state index contributed by atoms with van der Waals surface area (Å²) in [7, 11) is 0. The number of rotatable bonds is 2. The van der Waals surface area contributed by atoms with Crippen LogP contribution in [0.4, 0.5) is 4.79 Å². The lowest BCUT2D eigenvalue weighted by Crippen LogP contribution is -2.36. The fourth-order valence-corrected chi connectivity index (χ4v) is 2.07. The number of ether oxygens (including phenoxy) is 1. The first-order valence-corrected chi connectivity index (χ1v) is 8.40. The summed E-state index contributed by atoms with van der Waals surface area (Å²) in [4.78, 5) is 21.5. The van der Waals surface area contributed by atoms with Crippen molar-refractivity contribution in [2.75, 3.05) is 0 Å². The molecule has 0 bridgehead atoms. The molecule has 132 valence electrons. The minimum atomic E-state index is -0.725. The van der Waals surface area contributed by atoms with E-state index < -0.39 is 11.7 Å². The lowest BCUT2D eigenvalue weighted by atomic mass is 9.88. The van der Waals surface area contributed by atoms with E-state index in [9.17, 15) is 9.59 Å². The minimum absolute atomic E-state index is 0.268. The zero-order valence-corrected chi connectivity index (χ0v) is 15.5. The molecule has 0 unspecified atom stereocenters. The summed E-state index contributed by atoms with van der Waals surface area (Å²) in [5, 5.41) is 2.97. The van der Waals surface area contributed by atoms with Gasteiger partial charge in [-0.3, -0.25) is 4.79 Å². The molecule has 0 radical (unpaired) electrons. The lowest BCUT2D eigenvalue weighted by molar-refractivity contribution is -0.126. The highest BCUT2D eigenvalue weighted by atomic mass is 16.6. The molecule has 5 nitrogen and oxygen atoms in total. The summed E-state index contributed by atoms with van der Waals surface area (Å²) >= 11 is 0. The Morgan fingerprint density at radius 1 is 1.09 bits per heavy atom. The molecule has 1 aliphatic carbocycles. The van der Waals surface area contributed by atoms with E-state index in [0.717, 1.165) is 12.8 Å². The van der Waals surface area contributed by atoms with Gasteiger partial charge >= 0.3 is 6.09 Å². The van der Waals surface area contributed by atoms with Gasteiger partial charge in [-0.15, -0.1) is 0 Å². The van der Waals surface area contributed by atoms with Crippen LogP contribution < -0.4 is 11.1 Å². The molecule has 1 saturated carbocycles. The number of nitrogens with two attached hydrogens (primary N) is 1. The third kappa shape index (κ3) is 15.1. The SMILES string of the molecule is CC.CC(C)(C)OC(N)=O.CC(C)NC(=O)C1CCCCC1. The predicted molar refractivity (Wildman–Crippen MR) is 91.6 cm³/mol. The van der Waals surface area contributed by atoms with Crippen molar-refractivity contribution in [3.63, 3.8) is 0 Å². The first kappa shape index (κ1) is 23.0. The highest BCUT2D eigenvalue weighted by Gasteiger charge is 2.20. The Morgan fingerprint density at radius 2 is 1.55 bits per heavy atom. The van der Waals surface area contributed by atoms with Gasteiger partial charge in [0.25, 0.3) is 0 Å². The molecule has 3 N–H and O–H groups in total. The van der Waals surface area contributed by atoms with Crippen molar-refractivity contribution in [2.45, 2.75) is 92.2 Å². The third-order valence-electron chi connectivity index (χ3n) is 2.81. The normalized spacial score (nSPS) is 14.9. The van der Waals surface area contributed by atoms with Gasteiger partial charge in [-0.2, -0.15) is 0 Å². The van der Waals surface area contributed by atoms with Crippen molar-refractivity contribution in [3.05, 3.63) is 0 Å². The second kappa shape index (κ2) is 12.3. The molecule has 0 aliphatic heterocycles. The molecule has 1 aliphatic rings. The van der Waals surface area contributed by atoms with Crippen LogP contribution >= 0.6 is 0 Å². The van der Waals surface area contributed by atoms with Crippen LogP contribution in [-0.4, -0.2) is 23.6 Å². The van der Waals surface area contributed by atoms with Crippen LogP contribution in [0.5, 0.6) is 0 Å². The Bertz CT molecular complexity index is 304. The van der Waals surface area contributed by atoms with E-state index in [0.29, 0.717) is 12.0 Å². The minimum Gasteiger partial charge on any atom is -0.444 e. The van der Waals surface area contributed by atoms with Crippen LogP contribution in [0, 0.1) is 5.92 Å². The number of amides is 2. The molecule has 0 aromatic carbocycles. The van der Waals surface area contributed by atoms with Crippen molar-refractivity contribution < 1.29 is 14.3 Å². The summed E-state index contributed by atoms with van der Waals surface area (Å²) in [6.45, 7) is 13.3. The Hall–Kier alpha value is -1.26. The van der Waals surface area contributed by atoms with Crippen LogP contribution in [0.1, 0.15) is 80.6 Å². The van der Waals surface area contributed by atoms with Crippen LogP contribution in [0.15, 0.2) is 0 Å². The molecule has 0 atom stereocenters. The van der Waals surface area contributed by atoms with E-state index in [1.807, 2.05) is 27.7 Å². The third-order valence-corrected chi connectivity index (χ3v) is 2.81. The Morgan fingerprint density at radius 3 is 1.82 bits per heavy atom. The summed E-state index contributed by atoms with van der Waals surface area (Å²) < 4.78 is 4.58. The van der Waals surface area contributed by atoms with Crippen molar-refractivity contribution in [1.82, 2.24) is 5.32 Å². The van der Waals surface area contributed by atoms with Crippen molar-refractivity contribution in [3.8, 4) is 0 Å². The van der Waals surface area contributed by atoms with Gasteiger partial charge in [0.15, 0.2) is 0 Å². The zero-order valence-electron chi connectivity index (χ0n) is 15.5. The molecule has 0 heterocycles. The predicted octanol–water partition coefficient (Wildman–Crippen LogP) is 4.00. The van der Waals surface area contributed by atoms with Crippen molar-refractivity contribution in [2.24, 2.45) is 11.7 Å². The van der Waals surface area contributed by atoms with Gasteiger partial charge in [-0.1, -0.05) is 33.1 Å². The highest BCUT2D eigenvalue weighted by molar-refractivity contribution is 5.78. The Balaban J connectivity index is 0. The van der Waals surface area contributed by atoms with Crippen LogP contribution in [0.2, 0.25) is 0 Å². The summed E-state index contributed by atoms with van der Waals surface area (Å²) in [5.41, 5.74) is 4.26. The maximum atomic E-state index is 11.5. The smallest absolute Gasteiger partial charge is 0.405 e. The molecule has 5 heteroatoms. The monoisotopic (exact) mass is 316 g/mol. The second-order valence-corrected chi connectivity index (χ2v) is 6.53. The van der Waals surface area contributed by atoms with Crippen LogP contribution in [0.3, 0.4) is 0 Å². The topological polar surface area (TPSA) is 81.4 Å². The standard InChI is InChI=1S/C10H19NO.C5H11NO2.C2H6/c1-8(2)11-10(12)9-6-4-3-5-7-9;1-5(2,3)8-4(6)7;1-2/h8-9H,3-7H2,1-2H3,(H,11,12);1-3H3,(H2,6,7);1-2H3. The first-order valence-electron chi connectivity index (χ1n) is 8.40. The first-order chi connectivity index (χ1) is 10.1. The van der Waals surface area contributed by atoms with E-state index >= 15 is 0 Å². The van der Waals surface area contributed by atoms with E-state index in [1.54, 1.807) is 20.8 Å². The molecule has 0 saturated heterocycles. The second-order valence-electron chi connectivity index (χ2n) is 6.53. The molecule has 0 aromatic rings. The molecule has 1 fully saturated rings. The zero-order chi connectivity index (χ0) is 17.8. The van der Waals surface area contributed by atoms with Crippen molar-refractivity contribution >= 4 is 12.0 Å². The molecule has 22 heavy (non-hydrogen) atoms. The van der Waals surface area contributed by atoms with Gasteiger partial charge in [0.1, 0.15) is 5.60 Å². The Kier molecular flexibility index (Phi) is 12.9. The van der Waals surface area contributed by atoms with Crippen molar-refractivity contribution in [1.29, 1.82) is 0 Å². The van der Waals surface area contributed by atoms with E-state index in [4.69, 9.17) is 5.73 Å². The van der Waals surface area contributed by atoms with Gasteiger partial charge in [-0.05, 0) is 47.5 Å². The fourth-order valence-electron chi connectivity index (χ4n) is 2.07. The van der Waals surface area contributed by atoms with Gasteiger partial charge in [0, 0.05) is 12.0 Å². The quantitative estimate of drug-likeness (QED) is 0.808. The maximum Gasteiger partial charge on any atom is 0.405 e. The van der Waals surface area contributed by atoms with Crippen LogP contribution in [-0.2, 0) is 9.53 Å². The molecule has 1 rings (SSSR count). The van der Waals surface area contributed by atoms with Gasteiger partial charge in [-0.25, -0.2) is 4.79 Å². The average Bonchev–Trinajstić information content (AvgIpc) is 2.39. The summed E-state index contributed by atoms with van der Waals surface area (Å²) in [6.07, 6.45) is 5.24. The van der Waals surface area contributed by atoms with E-state index in [1.165, 1.54) is 19.3 Å². The van der Waals surface area contributed by atoms with Gasteiger partial charge in [0.2, 0.25) is 5.91 Å². The summed E-state index contributed by atoms with van der Waals surface area (Å²) in [5.74, 6) is 0.575. The molecule has 2 amide bonds. The number of nitrogens with one attached hydrogen (secondary N) is 1. The molecule has 0 aromatic heterocycles. The average molecular weight is 316 g/mol.